The van der Waals surface area contributed by atoms with Gasteiger partial charge in [-0.25, -0.2) is 9.67 Å². The van der Waals surface area contributed by atoms with Crippen LogP contribution in [0.3, 0.4) is 0 Å². The number of thiazole rings is 1. The molecule has 7 nitrogen and oxygen atoms in total. The van der Waals surface area contributed by atoms with E-state index in [1.807, 2.05) is 29.5 Å². The van der Waals surface area contributed by atoms with Gasteiger partial charge >= 0.3 is 0 Å². The molecule has 3 aromatic rings. The van der Waals surface area contributed by atoms with E-state index in [9.17, 15) is 4.79 Å². The van der Waals surface area contributed by atoms with Gasteiger partial charge in [-0.1, -0.05) is 11.3 Å². The maximum absolute atomic E-state index is 13.2. The molecule has 1 aliphatic rings. The molecular formula is C23H30N6OS. The van der Waals surface area contributed by atoms with Crippen LogP contribution in [0.4, 0.5) is 0 Å². The third-order valence-electron chi connectivity index (χ3n) is 6.15. The Balaban J connectivity index is 1.57. The number of carbonyl (C=O) groups is 1. The van der Waals surface area contributed by atoms with Crippen LogP contribution in [-0.4, -0.2) is 67.9 Å². The van der Waals surface area contributed by atoms with Crippen molar-refractivity contribution in [3.05, 3.63) is 45.6 Å². The normalized spacial score (nSPS) is 15.1. The van der Waals surface area contributed by atoms with Crippen molar-refractivity contribution in [2.24, 2.45) is 0 Å². The van der Waals surface area contributed by atoms with Crippen molar-refractivity contribution in [1.82, 2.24) is 29.8 Å². The summed E-state index contributed by atoms with van der Waals surface area (Å²) < 4.78 is 1.84. The maximum Gasteiger partial charge on any atom is 0.265 e. The number of rotatable bonds is 4. The summed E-state index contributed by atoms with van der Waals surface area (Å²) in [6, 6.07) is 6.76. The summed E-state index contributed by atoms with van der Waals surface area (Å²) >= 11 is 1.42. The lowest BCUT2D eigenvalue weighted by Crippen LogP contribution is -2.50. The van der Waals surface area contributed by atoms with E-state index in [1.54, 1.807) is 0 Å². The third kappa shape index (κ3) is 4.14. The van der Waals surface area contributed by atoms with E-state index in [-0.39, 0.29) is 5.91 Å². The molecule has 0 spiro atoms. The van der Waals surface area contributed by atoms with E-state index in [2.05, 4.69) is 60.0 Å². The molecule has 1 aromatic carbocycles. The number of aryl methyl sites for hydroxylation is 3. The number of amides is 1. The van der Waals surface area contributed by atoms with Gasteiger partial charge < -0.3 is 4.90 Å². The third-order valence-corrected chi connectivity index (χ3v) is 7.31. The SMILES string of the molecule is Cc1ccc(-n2nnc(-c3nc(C)c(C(=O)N4CCN(C(C)C)CC4)s3)c2C)cc1C. The lowest BCUT2D eigenvalue weighted by atomic mass is 10.1. The van der Waals surface area contributed by atoms with Crippen molar-refractivity contribution in [2.45, 2.75) is 47.6 Å². The Morgan fingerprint density at radius 1 is 1.03 bits per heavy atom. The first-order chi connectivity index (χ1) is 14.8. The van der Waals surface area contributed by atoms with Crippen LogP contribution in [0.25, 0.3) is 16.4 Å². The van der Waals surface area contributed by atoms with Gasteiger partial charge in [0.1, 0.15) is 15.6 Å². The summed E-state index contributed by atoms with van der Waals surface area (Å²) in [6.45, 7) is 15.8. The molecule has 0 radical (unpaired) electrons. The second-order valence-corrected chi connectivity index (χ2v) is 9.56. The van der Waals surface area contributed by atoms with Crippen LogP contribution >= 0.6 is 11.3 Å². The zero-order valence-corrected chi connectivity index (χ0v) is 20.0. The second kappa shape index (κ2) is 8.51. The van der Waals surface area contributed by atoms with Crippen LogP contribution in [-0.2, 0) is 0 Å². The van der Waals surface area contributed by atoms with Crippen molar-refractivity contribution in [3.8, 4) is 16.4 Å². The van der Waals surface area contributed by atoms with Gasteiger partial charge in [-0.05, 0) is 64.8 Å². The minimum absolute atomic E-state index is 0.0730. The van der Waals surface area contributed by atoms with Crippen molar-refractivity contribution in [2.75, 3.05) is 26.2 Å². The van der Waals surface area contributed by atoms with Crippen LogP contribution < -0.4 is 0 Å². The molecule has 31 heavy (non-hydrogen) atoms. The van der Waals surface area contributed by atoms with Gasteiger partial charge in [0.15, 0.2) is 0 Å². The molecule has 1 saturated heterocycles. The minimum atomic E-state index is 0.0730. The fraction of sp³-hybridized carbons (Fsp3) is 0.478. The molecule has 2 aromatic heterocycles. The summed E-state index contributed by atoms with van der Waals surface area (Å²) in [7, 11) is 0. The van der Waals surface area contributed by atoms with Gasteiger partial charge in [0.2, 0.25) is 0 Å². The standard InChI is InChI=1S/C23H30N6OS/c1-14(2)27-9-11-28(12-10-27)23(30)21-17(5)24-22(31-21)20-18(6)29(26-25-20)19-8-7-15(3)16(4)13-19/h7-8,13-14H,9-12H2,1-6H3. The van der Waals surface area contributed by atoms with Crippen LogP contribution in [0.15, 0.2) is 18.2 Å². The first-order valence-corrected chi connectivity index (χ1v) is 11.6. The highest BCUT2D eigenvalue weighted by molar-refractivity contribution is 7.17. The Labute approximate surface area is 187 Å². The molecule has 0 saturated carbocycles. The van der Waals surface area contributed by atoms with Crippen molar-refractivity contribution in [1.29, 1.82) is 0 Å². The molecule has 0 N–H and O–H groups in total. The van der Waals surface area contributed by atoms with E-state index in [0.717, 1.165) is 54.0 Å². The summed E-state index contributed by atoms with van der Waals surface area (Å²) in [6.07, 6.45) is 0. The van der Waals surface area contributed by atoms with Gasteiger partial charge in [0, 0.05) is 32.2 Å². The highest BCUT2D eigenvalue weighted by Crippen LogP contribution is 2.30. The van der Waals surface area contributed by atoms with Crippen LogP contribution in [0.1, 0.15) is 46.0 Å². The number of nitrogens with zero attached hydrogens (tertiary/aromatic N) is 6. The van der Waals surface area contributed by atoms with Crippen molar-refractivity contribution >= 4 is 17.2 Å². The first kappa shape index (κ1) is 21.6. The Bertz CT molecular complexity index is 1110. The Morgan fingerprint density at radius 2 is 1.74 bits per heavy atom. The zero-order chi connectivity index (χ0) is 22.3. The second-order valence-electron chi connectivity index (χ2n) is 8.56. The lowest BCUT2D eigenvalue weighted by molar-refractivity contribution is 0.0599. The molecule has 1 aliphatic heterocycles. The van der Waals surface area contributed by atoms with Crippen molar-refractivity contribution < 1.29 is 4.79 Å². The number of carbonyl (C=O) groups excluding carboxylic acids is 1. The van der Waals surface area contributed by atoms with Gasteiger partial charge in [0.05, 0.1) is 17.1 Å². The van der Waals surface area contributed by atoms with Crippen LogP contribution in [0.2, 0.25) is 0 Å². The zero-order valence-electron chi connectivity index (χ0n) is 19.1. The molecule has 3 heterocycles. The van der Waals surface area contributed by atoms with E-state index in [4.69, 9.17) is 0 Å². The highest BCUT2D eigenvalue weighted by Gasteiger charge is 2.27. The molecular weight excluding hydrogens is 408 g/mol. The van der Waals surface area contributed by atoms with Gasteiger partial charge in [-0.2, -0.15) is 0 Å². The van der Waals surface area contributed by atoms with E-state index >= 15 is 0 Å². The van der Waals surface area contributed by atoms with Crippen LogP contribution in [0, 0.1) is 27.7 Å². The molecule has 164 valence electrons. The topological polar surface area (TPSA) is 67.2 Å². The predicted octanol–water partition coefficient (Wildman–Crippen LogP) is 3.79. The average Bonchev–Trinajstić information content (AvgIpc) is 3.32. The van der Waals surface area contributed by atoms with Crippen molar-refractivity contribution in [3.63, 3.8) is 0 Å². The maximum atomic E-state index is 13.2. The highest BCUT2D eigenvalue weighted by atomic mass is 32.1. The number of aromatic nitrogens is 4. The smallest absolute Gasteiger partial charge is 0.265 e. The van der Waals surface area contributed by atoms with Gasteiger partial charge in [0.25, 0.3) is 5.91 Å². The summed E-state index contributed by atoms with van der Waals surface area (Å²) in [5.41, 5.74) is 5.85. The summed E-state index contributed by atoms with van der Waals surface area (Å²) in [4.78, 5) is 22.9. The summed E-state index contributed by atoms with van der Waals surface area (Å²) in [5, 5.41) is 9.51. The minimum Gasteiger partial charge on any atom is -0.335 e. The fourth-order valence-corrected chi connectivity index (χ4v) is 4.98. The quantitative estimate of drug-likeness (QED) is 0.620. The number of piperazine rings is 1. The molecule has 0 atom stereocenters. The fourth-order valence-electron chi connectivity index (χ4n) is 3.91. The number of hydrogen-bond donors (Lipinski definition) is 0. The van der Waals surface area contributed by atoms with E-state index in [1.165, 1.54) is 22.5 Å². The van der Waals surface area contributed by atoms with Gasteiger partial charge in [-0.3, -0.25) is 9.69 Å². The molecule has 1 fully saturated rings. The molecule has 4 rings (SSSR count). The average molecular weight is 439 g/mol. The lowest BCUT2D eigenvalue weighted by Gasteiger charge is -2.36. The Kier molecular flexibility index (Phi) is 5.94. The van der Waals surface area contributed by atoms with E-state index < -0.39 is 0 Å². The Hall–Kier alpha value is -2.58. The molecule has 0 aliphatic carbocycles. The monoisotopic (exact) mass is 438 g/mol. The summed E-state index contributed by atoms with van der Waals surface area (Å²) in [5.74, 6) is 0.0730. The number of hydrogen-bond acceptors (Lipinski definition) is 6. The van der Waals surface area contributed by atoms with Gasteiger partial charge in [-0.15, -0.1) is 16.4 Å². The molecule has 8 heteroatoms. The predicted molar refractivity (Wildman–Crippen MR) is 124 cm³/mol. The molecule has 0 unspecified atom stereocenters. The van der Waals surface area contributed by atoms with Crippen LogP contribution in [0.5, 0.6) is 0 Å². The molecule has 0 bridgehead atoms. The first-order valence-electron chi connectivity index (χ1n) is 10.8. The largest absolute Gasteiger partial charge is 0.335 e. The Morgan fingerprint density at radius 3 is 2.39 bits per heavy atom. The molecule has 1 amide bonds. The van der Waals surface area contributed by atoms with E-state index in [0.29, 0.717) is 10.9 Å². The number of benzene rings is 1.